The second-order valence-electron chi connectivity index (χ2n) is 4.91. The lowest BCUT2D eigenvalue weighted by atomic mass is 10.2. The molecule has 1 aromatic carbocycles. The molecule has 0 amide bonds. The number of nitrogens with two attached hydrogens (primary N) is 1. The Kier molecular flexibility index (Phi) is 4.74. The van der Waals surface area contributed by atoms with Crippen molar-refractivity contribution in [2.75, 3.05) is 32.7 Å². The molecule has 0 aliphatic carbocycles. The van der Waals surface area contributed by atoms with Crippen LogP contribution in [0, 0.1) is 6.92 Å². The van der Waals surface area contributed by atoms with Crippen LogP contribution in [-0.4, -0.2) is 55.3 Å². The van der Waals surface area contributed by atoms with Gasteiger partial charge in [0.2, 0.25) is 10.0 Å². The van der Waals surface area contributed by atoms with Gasteiger partial charge in [-0.3, -0.25) is 4.90 Å². The molecule has 0 aromatic heterocycles. The molecule has 0 atom stereocenters. The Bertz CT molecular complexity index is 593. The number of hydrogen-bond acceptors (Lipinski definition) is 4. The summed E-state index contributed by atoms with van der Waals surface area (Å²) in [5.74, 6) is 0. The first-order chi connectivity index (χ1) is 9.41. The fourth-order valence-electron chi connectivity index (χ4n) is 2.33. The minimum atomic E-state index is -3.40. The number of hydrogen-bond donors (Lipinski definition) is 1. The number of aryl methyl sites for hydroxylation is 1. The number of thiocarbonyl (C=S) groups is 1. The van der Waals surface area contributed by atoms with Gasteiger partial charge in [0.05, 0.1) is 9.88 Å². The van der Waals surface area contributed by atoms with E-state index in [1.54, 1.807) is 12.1 Å². The van der Waals surface area contributed by atoms with E-state index in [2.05, 4.69) is 4.90 Å². The summed E-state index contributed by atoms with van der Waals surface area (Å²) in [5, 5.41) is 0. The molecule has 20 heavy (non-hydrogen) atoms. The summed E-state index contributed by atoms with van der Waals surface area (Å²) in [7, 11) is -3.40. The zero-order valence-electron chi connectivity index (χ0n) is 11.4. The van der Waals surface area contributed by atoms with Crippen LogP contribution in [0.3, 0.4) is 0 Å². The van der Waals surface area contributed by atoms with Crippen LogP contribution in [0.15, 0.2) is 29.2 Å². The van der Waals surface area contributed by atoms with Crippen LogP contribution < -0.4 is 5.73 Å². The molecule has 1 aliphatic rings. The second kappa shape index (κ2) is 6.17. The second-order valence-corrected chi connectivity index (χ2v) is 7.34. The van der Waals surface area contributed by atoms with Gasteiger partial charge >= 0.3 is 0 Å². The van der Waals surface area contributed by atoms with Crippen molar-refractivity contribution in [3.8, 4) is 0 Å². The number of piperazine rings is 1. The van der Waals surface area contributed by atoms with Crippen molar-refractivity contribution in [3.63, 3.8) is 0 Å². The van der Waals surface area contributed by atoms with Crippen LogP contribution in [0.2, 0.25) is 0 Å². The molecule has 1 aliphatic heterocycles. The molecular weight excluding hydrogens is 294 g/mol. The number of nitrogens with zero attached hydrogens (tertiary/aromatic N) is 2. The van der Waals surface area contributed by atoms with Crippen molar-refractivity contribution >= 4 is 27.2 Å². The van der Waals surface area contributed by atoms with Gasteiger partial charge in [0.25, 0.3) is 0 Å². The lowest BCUT2D eigenvalue weighted by molar-refractivity contribution is 0.209. The van der Waals surface area contributed by atoms with Crippen molar-refractivity contribution in [1.29, 1.82) is 0 Å². The van der Waals surface area contributed by atoms with Gasteiger partial charge in [0, 0.05) is 32.7 Å². The van der Waals surface area contributed by atoms with Crippen LogP contribution >= 0.6 is 12.2 Å². The third kappa shape index (κ3) is 3.35. The largest absolute Gasteiger partial charge is 0.392 e. The van der Waals surface area contributed by atoms with Crippen molar-refractivity contribution in [2.24, 2.45) is 5.73 Å². The summed E-state index contributed by atoms with van der Waals surface area (Å²) < 4.78 is 26.7. The van der Waals surface area contributed by atoms with Gasteiger partial charge in [-0.05, 0) is 18.6 Å². The Morgan fingerprint density at radius 2 is 1.85 bits per heavy atom. The first-order valence-corrected chi connectivity index (χ1v) is 8.32. The van der Waals surface area contributed by atoms with Gasteiger partial charge in [0.15, 0.2) is 0 Å². The van der Waals surface area contributed by atoms with Gasteiger partial charge < -0.3 is 5.73 Å². The maximum Gasteiger partial charge on any atom is 0.243 e. The molecule has 1 heterocycles. The van der Waals surface area contributed by atoms with Crippen LogP contribution in [-0.2, 0) is 10.0 Å². The highest BCUT2D eigenvalue weighted by molar-refractivity contribution is 7.89. The first kappa shape index (κ1) is 15.4. The van der Waals surface area contributed by atoms with E-state index < -0.39 is 10.0 Å². The maximum atomic E-state index is 12.6. The van der Waals surface area contributed by atoms with E-state index in [0.717, 1.165) is 5.56 Å². The molecule has 2 rings (SSSR count). The fourth-order valence-corrected chi connectivity index (χ4v) is 4.16. The smallest absolute Gasteiger partial charge is 0.243 e. The van der Waals surface area contributed by atoms with Gasteiger partial charge in [-0.15, -0.1) is 0 Å². The van der Waals surface area contributed by atoms with E-state index in [1.807, 2.05) is 19.1 Å². The van der Waals surface area contributed by atoms with Crippen molar-refractivity contribution in [2.45, 2.75) is 11.8 Å². The summed E-state index contributed by atoms with van der Waals surface area (Å²) >= 11 is 4.88. The molecule has 1 aromatic rings. The Morgan fingerprint density at radius 3 is 2.40 bits per heavy atom. The number of rotatable bonds is 4. The zero-order valence-corrected chi connectivity index (χ0v) is 13.1. The van der Waals surface area contributed by atoms with Crippen molar-refractivity contribution in [3.05, 3.63) is 29.8 Å². The first-order valence-electron chi connectivity index (χ1n) is 6.47. The van der Waals surface area contributed by atoms with Gasteiger partial charge in [-0.25, -0.2) is 8.42 Å². The Balaban J connectivity index is 2.10. The van der Waals surface area contributed by atoms with Gasteiger partial charge in [-0.1, -0.05) is 30.4 Å². The standard InChI is InChI=1S/C13H19N3O2S2/c1-11-4-2-3-5-12(11)20(17,18)16-8-6-15(7-9-16)10-13(14)19/h2-5H,6-10H2,1H3,(H2,14,19). The summed E-state index contributed by atoms with van der Waals surface area (Å²) in [6.07, 6.45) is 0. The predicted molar refractivity (Wildman–Crippen MR) is 83.2 cm³/mol. The number of benzene rings is 1. The lowest BCUT2D eigenvalue weighted by Gasteiger charge is -2.33. The molecule has 0 bridgehead atoms. The molecule has 0 saturated carbocycles. The third-order valence-electron chi connectivity index (χ3n) is 3.42. The predicted octanol–water partition coefficient (Wildman–Crippen LogP) is 0.587. The number of sulfonamides is 1. The minimum absolute atomic E-state index is 0.391. The molecule has 0 unspecified atom stereocenters. The average molecular weight is 313 g/mol. The van der Waals surface area contributed by atoms with E-state index in [0.29, 0.717) is 42.6 Å². The monoisotopic (exact) mass is 313 g/mol. The molecule has 0 spiro atoms. The highest BCUT2D eigenvalue weighted by Crippen LogP contribution is 2.20. The van der Waals surface area contributed by atoms with Gasteiger partial charge in [0.1, 0.15) is 0 Å². The normalized spacial score (nSPS) is 18.1. The molecule has 7 heteroatoms. The lowest BCUT2D eigenvalue weighted by Crippen LogP contribution is -2.50. The quantitative estimate of drug-likeness (QED) is 0.824. The molecule has 5 nitrogen and oxygen atoms in total. The molecule has 2 N–H and O–H groups in total. The molecule has 1 fully saturated rings. The Morgan fingerprint density at radius 1 is 1.25 bits per heavy atom. The topological polar surface area (TPSA) is 66.6 Å². The van der Waals surface area contributed by atoms with E-state index in [4.69, 9.17) is 18.0 Å². The van der Waals surface area contributed by atoms with Crippen molar-refractivity contribution < 1.29 is 8.42 Å². The van der Waals surface area contributed by atoms with E-state index in [1.165, 1.54) is 4.31 Å². The zero-order chi connectivity index (χ0) is 14.8. The Labute approximate surface area is 125 Å². The summed E-state index contributed by atoms with van der Waals surface area (Å²) in [6.45, 7) is 4.62. The summed E-state index contributed by atoms with van der Waals surface area (Å²) in [5.41, 5.74) is 6.29. The SMILES string of the molecule is Cc1ccccc1S(=O)(=O)N1CCN(CC(N)=S)CC1. The van der Waals surface area contributed by atoms with E-state index in [9.17, 15) is 8.42 Å². The third-order valence-corrected chi connectivity index (χ3v) is 5.61. The summed E-state index contributed by atoms with van der Waals surface area (Å²) in [6, 6.07) is 7.07. The van der Waals surface area contributed by atoms with E-state index in [-0.39, 0.29) is 0 Å². The fraction of sp³-hybridized carbons (Fsp3) is 0.462. The van der Waals surface area contributed by atoms with Crippen LogP contribution in [0.5, 0.6) is 0 Å². The Hall–Kier alpha value is -1.02. The highest BCUT2D eigenvalue weighted by atomic mass is 32.2. The van der Waals surface area contributed by atoms with Crippen LogP contribution in [0.1, 0.15) is 5.56 Å². The molecule has 0 radical (unpaired) electrons. The summed E-state index contributed by atoms with van der Waals surface area (Å²) in [4.78, 5) is 2.91. The minimum Gasteiger partial charge on any atom is -0.392 e. The van der Waals surface area contributed by atoms with Crippen LogP contribution in [0.4, 0.5) is 0 Å². The van der Waals surface area contributed by atoms with Crippen LogP contribution in [0.25, 0.3) is 0 Å². The van der Waals surface area contributed by atoms with Crippen molar-refractivity contribution in [1.82, 2.24) is 9.21 Å². The van der Waals surface area contributed by atoms with Gasteiger partial charge in [-0.2, -0.15) is 4.31 Å². The van der Waals surface area contributed by atoms with E-state index >= 15 is 0 Å². The maximum absolute atomic E-state index is 12.6. The molecular formula is C13H19N3O2S2. The molecule has 1 saturated heterocycles. The average Bonchev–Trinajstić information content (AvgIpc) is 2.39. The molecule has 110 valence electrons. The highest BCUT2D eigenvalue weighted by Gasteiger charge is 2.29.